The average Bonchev–Trinajstić information content (AvgIpc) is 3.01. The third-order valence-electron chi connectivity index (χ3n) is 3.79. The molecule has 1 aliphatic rings. The largest absolute Gasteiger partial charge is 0.357 e. The molecule has 6 nitrogen and oxygen atoms in total. The Morgan fingerprint density at radius 1 is 1.40 bits per heavy atom. The monoisotopic (exact) mass is 498 g/mol. The van der Waals surface area contributed by atoms with Gasteiger partial charge < -0.3 is 10.2 Å². The van der Waals surface area contributed by atoms with Crippen LogP contribution in [0.4, 0.5) is 0 Å². The number of nitrogens with one attached hydrogen (secondary N) is 1. The second-order valence-electron chi connectivity index (χ2n) is 5.83. The predicted octanol–water partition coefficient (Wildman–Crippen LogP) is 1.97. The van der Waals surface area contributed by atoms with Crippen LogP contribution < -0.4 is 10.5 Å². The van der Waals surface area contributed by atoms with Gasteiger partial charge in [0.25, 0.3) is 0 Å². The van der Waals surface area contributed by atoms with E-state index in [9.17, 15) is 8.42 Å². The van der Waals surface area contributed by atoms with Crippen LogP contribution in [0.1, 0.15) is 13.3 Å². The molecular formula is C16H27IN4O2S2. The first-order valence-corrected chi connectivity index (χ1v) is 10.9. The molecule has 0 aromatic heterocycles. The minimum Gasteiger partial charge on any atom is -0.357 e. The molecule has 25 heavy (non-hydrogen) atoms. The van der Waals surface area contributed by atoms with E-state index >= 15 is 0 Å². The van der Waals surface area contributed by atoms with Gasteiger partial charge in [-0.15, -0.1) is 35.7 Å². The summed E-state index contributed by atoms with van der Waals surface area (Å²) in [6, 6.07) is 10.4. The third-order valence-corrected chi connectivity index (χ3v) is 5.78. The zero-order valence-corrected chi connectivity index (χ0v) is 18.4. The Hall–Kier alpha value is -0.520. The smallest absolute Gasteiger partial charge is 0.210 e. The molecule has 1 heterocycles. The Morgan fingerprint density at radius 3 is 2.76 bits per heavy atom. The standard InChI is InChI=1S/C16H26N4O2S2.HI/c1-2-18-16(19-9-11-24(17,21)22)20-10-8-14(12-20)13-23-15-6-4-3-5-7-15;/h3-7,14H,2,8-13H2,1H3,(H,18,19)(H2,17,21,22);1H. The van der Waals surface area contributed by atoms with Crippen molar-refractivity contribution in [2.24, 2.45) is 16.0 Å². The van der Waals surface area contributed by atoms with Crippen LogP contribution in [0.5, 0.6) is 0 Å². The van der Waals surface area contributed by atoms with Crippen molar-refractivity contribution in [3.05, 3.63) is 30.3 Å². The summed E-state index contributed by atoms with van der Waals surface area (Å²) in [5.74, 6) is 2.35. The number of rotatable bonds is 7. The van der Waals surface area contributed by atoms with Gasteiger partial charge in [-0.2, -0.15) is 0 Å². The van der Waals surface area contributed by atoms with E-state index in [4.69, 9.17) is 5.14 Å². The van der Waals surface area contributed by atoms with E-state index < -0.39 is 10.0 Å². The molecule has 1 saturated heterocycles. The first kappa shape index (κ1) is 22.5. The zero-order valence-electron chi connectivity index (χ0n) is 14.4. The third kappa shape index (κ3) is 8.61. The highest BCUT2D eigenvalue weighted by Gasteiger charge is 2.24. The molecule has 0 spiro atoms. The highest BCUT2D eigenvalue weighted by atomic mass is 127. The second kappa shape index (κ2) is 11.2. The molecule has 1 fully saturated rings. The van der Waals surface area contributed by atoms with Crippen molar-refractivity contribution in [1.29, 1.82) is 0 Å². The number of guanidine groups is 1. The number of primary sulfonamides is 1. The molecule has 1 aliphatic heterocycles. The van der Waals surface area contributed by atoms with Crippen molar-refractivity contribution < 1.29 is 8.42 Å². The number of nitrogens with two attached hydrogens (primary N) is 1. The first-order valence-electron chi connectivity index (χ1n) is 8.19. The van der Waals surface area contributed by atoms with Crippen molar-refractivity contribution in [2.45, 2.75) is 18.2 Å². The lowest BCUT2D eigenvalue weighted by atomic mass is 10.2. The Morgan fingerprint density at radius 2 is 2.12 bits per heavy atom. The number of halogens is 1. The number of benzene rings is 1. The summed E-state index contributed by atoms with van der Waals surface area (Å²) >= 11 is 1.88. The van der Waals surface area contributed by atoms with Gasteiger partial charge in [-0.1, -0.05) is 18.2 Å². The molecule has 0 amide bonds. The highest BCUT2D eigenvalue weighted by molar-refractivity contribution is 14.0. The van der Waals surface area contributed by atoms with Gasteiger partial charge in [-0.25, -0.2) is 13.6 Å². The van der Waals surface area contributed by atoms with Gasteiger partial charge in [0.2, 0.25) is 10.0 Å². The van der Waals surface area contributed by atoms with Crippen molar-refractivity contribution in [2.75, 3.05) is 37.7 Å². The summed E-state index contributed by atoms with van der Waals surface area (Å²) in [5.41, 5.74) is 0. The van der Waals surface area contributed by atoms with Crippen molar-refractivity contribution in [3.63, 3.8) is 0 Å². The van der Waals surface area contributed by atoms with Gasteiger partial charge in [0, 0.05) is 30.3 Å². The summed E-state index contributed by atoms with van der Waals surface area (Å²) in [6.07, 6.45) is 1.12. The predicted molar refractivity (Wildman–Crippen MR) is 116 cm³/mol. The van der Waals surface area contributed by atoms with E-state index in [1.54, 1.807) is 0 Å². The van der Waals surface area contributed by atoms with E-state index in [1.807, 2.05) is 24.8 Å². The van der Waals surface area contributed by atoms with Crippen LogP contribution in [0.3, 0.4) is 0 Å². The topological polar surface area (TPSA) is 87.8 Å². The fraction of sp³-hybridized carbons (Fsp3) is 0.562. The normalized spacial score (nSPS) is 18.1. The quantitative estimate of drug-likeness (QED) is 0.260. The van der Waals surface area contributed by atoms with E-state index in [-0.39, 0.29) is 36.3 Å². The maximum Gasteiger partial charge on any atom is 0.210 e. The van der Waals surface area contributed by atoms with E-state index in [0.717, 1.165) is 37.8 Å². The molecule has 9 heteroatoms. The lowest BCUT2D eigenvalue weighted by Crippen LogP contribution is -2.40. The Balaban J connectivity index is 0.00000312. The van der Waals surface area contributed by atoms with Gasteiger partial charge in [0.1, 0.15) is 0 Å². The highest BCUT2D eigenvalue weighted by Crippen LogP contribution is 2.25. The lowest BCUT2D eigenvalue weighted by Gasteiger charge is -2.21. The van der Waals surface area contributed by atoms with Crippen molar-refractivity contribution >= 4 is 51.7 Å². The molecule has 1 aromatic rings. The molecule has 2 rings (SSSR count). The SMILES string of the molecule is CCNC(=NCCS(N)(=O)=O)N1CCC(CSc2ccccc2)C1.I. The van der Waals surface area contributed by atoms with Crippen LogP contribution in [-0.4, -0.2) is 57.0 Å². The Kier molecular flexibility index (Phi) is 10.1. The van der Waals surface area contributed by atoms with Crippen molar-refractivity contribution in [1.82, 2.24) is 10.2 Å². The van der Waals surface area contributed by atoms with Gasteiger partial charge in [0.15, 0.2) is 5.96 Å². The maximum atomic E-state index is 11.0. The molecule has 0 saturated carbocycles. The second-order valence-corrected chi connectivity index (χ2v) is 8.65. The number of thioether (sulfide) groups is 1. The summed E-state index contributed by atoms with van der Waals surface area (Å²) in [4.78, 5) is 7.91. The molecule has 1 aromatic carbocycles. The summed E-state index contributed by atoms with van der Waals surface area (Å²) in [7, 11) is -3.46. The first-order chi connectivity index (χ1) is 11.5. The molecule has 3 N–H and O–H groups in total. The van der Waals surface area contributed by atoms with E-state index in [2.05, 4.69) is 39.5 Å². The molecular weight excluding hydrogens is 471 g/mol. The van der Waals surface area contributed by atoms with Crippen LogP contribution in [0.2, 0.25) is 0 Å². The Bertz CT molecular complexity index is 641. The number of aliphatic imine (C=N–C) groups is 1. The summed E-state index contributed by atoms with van der Waals surface area (Å²) in [5, 5.41) is 8.27. The van der Waals surface area contributed by atoms with Crippen LogP contribution in [0, 0.1) is 5.92 Å². The number of likely N-dealkylation sites (tertiary alicyclic amines) is 1. The fourth-order valence-corrected chi connectivity index (χ4v) is 3.99. The maximum absolute atomic E-state index is 11.0. The van der Waals surface area contributed by atoms with Crippen molar-refractivity contribution in [3.8, 4) is 0 Å². The molecule has 1 atom stereocenters. The number of hydrogen-bond acceptors (Lipinski definition) is 4. The van der Waals surface area contributed by atoms with E-state index in [1.165, 1.54) is 4.90 Å². The number of sulfonamides is 1. The number of hydrogen-bond donors (Lipinski definition) is 2. The molecule has 142 valence electrons. The zero-order chi connectivity index (χ0) is 17.4. The molecule has 0 aliphatic carbocycles. The molecule has 0 bridgehead atoms. The van der Waals surface area contributed by atoms with Gasteiger partial charge in [-0.3, -0.25) is 4.99 Å². The molecule has 1 unspecified atom stereocenters. The van der Waals surface area contributed by atoms with E-state index in [0.29, 0.717) is 5.92 Å². The van der Waals surface area contributed by atoms with Gasteiger partial charge >= 0.3 is 0 Å². The van der Waals surface area contributed by atoms with Crippen LogP contribution in [0.15, 0.2) is 40.2 Å². The average molecular weight is 498 g/mol. The minimum absolute atomic E-state index is 0. The lowest BCUT2D eigenvalue weighted by molar-refractivity contribution is 0.475. The molecule has 0 radical (unpaired) electrons. The fourth-order valence-electron chi connectivity index (χ4n) is 2.60. The summed E-state index contributed by atoms with van der Waals surface area (Å²) in [6.45, 7) is 4.85. The van der Waals surface area contributed by atoms with Crippen LogP contribution >= 0.6 is 35.7 Å². The van der Waals surface area contributed by atoms with Gasteiger partial charge in [-0.05, 0) is 31.4 Å². The van der Waals surface area contributed by atoms with Crippen LogP contribution in [0.25, 0.3) is 0 Å². The Labute approximate surface area is 172 Å². The summed E-state index contributed by atoms with van der Waals surface area (Å²) < 4.78 is 22.1. The van der Waals surface area contributed by atoms with Crippen LogP contribution in [-0.2, 0) is 10.0 Å². The minimum atomic E-state index is -3.46. The van der Waals surface area contributed by atoms with Gasteiger partial charge in [0.05, 0.1) is 12.3 Å². The number of nitrogens with zero attached hydrogens (tertiary/aromatic N) is 2.